The van der Waals surface area contributed by atoms with Crippen LogP contribution in [0.25, 0.3) is 0 Å². The van der Waals surface area contributed by atoms with E-state index < -0.39 is 0 Å². The molecule has 1 aromatic rings. The van der Waals surface area contributed by atoms with Gasteiger partial charge in [-0.3, -0.25) is 4.79 Å². The Morgan fingerprint density at radius 1 is 1.59 bits per heavy atom. The van der Waals surface area contributed by atoms with Gasteiger partial charge in [-0.2, -0.15) is 11.8 Å². The van der Waals surface area contributed by atoms with Crippen LogP contribution in [0.2, 0.25) is 5.15 Å². The van der Waals surface area contributed by atoms with Crippen LogP contribution in [0.5, 0.6) is 0 Å². The maximum Gasteiger partial charge on any atom is 0.254 e. The van der Waals surface area contributed by atoms with Crippen molar-refractivity contribution in [1.82, 2.24) is 10.3 Å². The predicted octanol–water partition coefficient (Wildman–Crippen LogP) is 3.37. The molecule has 0 unspecified atom stereocenters. The highest BCUT2D eigenvalue weighted by Gasteiger charge is 2.11. The zero-order valence-corrected chi connectivity index (χ0v) is 12.7. The van der Waals surface area contributed by atoms with Crippen LogP contribution in [0.4, 0.5) is 0 Å². The van der Waals surface area contributed by atoms with Crippen molar-refractivity contribution in [3.8, 4) is 0 Å². The molecule has 6 heteroatoms. The summed E-state index contributed by atoms with van der Waals surface area (Å²) in [5, 5.41) is 3.06. The first-order valence-electron chi connectivity index (χ1n) is 5.23. The number of hydrogen-bond donors (Lipinski definition) is 1. The number of halogens is 2. The van der Waals surface area contributed by atoms with E-state index in [1.807, 2.05) is 11.8 Å². The van der Waals surface area contributed by atoms with Crippen molar-refractivity contribution in [1.29, 1.82) is 0 Å². The minimum absolute atomic E-state index is 0.173. The summed E-state index contributed by atoms with van der Waals surface area (Å²) in [7, 11) is 0. The monoisotopic (exact) mass is 336 g/mol. The number of pyridine rings is 1. The third-order valence-electron chi connectivity index (χ3n) is 2.11. The normalized spacial score (nSPS) is 10.3. The third-order valence-corrected chi connectivity index (χ3v) is 3.54. The zero-order valence-electron chi connectivity index (χ0n) is 9.50. The quantitative estimate of drug-likeness (QED) is 0.639. The molecule has 3 nitrogen and oxygen atoms in total. The van der Waals surface area contributed by atoms with Crippen LogP contribution in [0.1, 0.15) is 23.2 Å². The van der Waals surface area contributed by atoms with E-state index >= 15 is 0 Å². The molecule has 0 saturated carbocycles. The Morgan fingerprint density at radius 3 is 3.06 bits per heavy atom. The third kappa shape index (κ3) is 5.27. The number of nitrogens with zero attached hydrogens (tertiary/aromatic N) is 1. The van der Waals surface area contributed by atoms with E-state index in [9.17, 15) is 4.79 Å². The van der Waals surface area contributed by atoms with E-state index in [0.29, 0.717) is 12.1 Å². The largest absolute Gasteiger partial charge is 0.352 e. The summed E-state index contributed by atoms with van der Waals surface area (Å²) < 4.78 is 0.745. The van der Waals surface area contributed by atoms with Gasteiger partial charge in [0.05, 0.1) is 5.56 Å². The number of rotatable bonds is 6. The average Bonchev–Trinajstić information content (AvgIpc) is 2.32. The highest BCUT2D eigenvalue weighted by Crippen LogP contribution is 2.17. The number of thioether (sulfide) groups is 1. The van der Waals surface area contributed by atoms with Crippen LogP contribution in [0.3, 0.4) is 0 Å². The molecule has 0 aliphatic heterocycles. The SMILES string of the molecule is CSCCCCNC(=O)c1cc(Br)cnc1Cl. The second kappa shape index (κ2) is 7.95. The Balaban J connectivity index is 2.44. The van der Waals surface area contributed by atoms with Crippen LogP contribution in [-0.2, 0) is 0 Å². The fourth-order valence-electron chi connectivity index (χ4n) is 1.25. The molecule has 0 fully saturated rings. The van der Waals surface area contributed by atoms with E-state index in [4.69, 9.17) is 11.6 Å². The van der Waals surface area contributed by atoms with Gasteiger partial charge in [0.15, 0.2) is 0 Å². The van der Waals surface area contributed by atoms with Crippen LogP contribution < -0.4 is 5.32 Å². The first-order chi connectivity index (χ1) is 8.15. The van der Waals surface area contributed by atoms with Gasteiger partial charge < -0.3 is 5.32 Å². The maximum atomic E-state index is 11.8. The summed E-state index contributed by atoms with van der Waals surface area (Å²) in [6.07, 6.45) is 5.72. The molecule has 1 aromatic heterocycles. The Bertz CT molecular complexity index is 390. The molecule has 0 atom stereocenters. The molecule has 1 heterocycles. The van der Waals surface area contributed by atoms with Crippen molar-refractivity contribution in [3.05, 3.63) is 27.5 Å². The number of hydrogen-bond acceptors (Lipinski definition) is 3. The highest BCUT2D eigenvalue weighted by molar-refractivity contribution is 9.10. The average molecular weight is 338 g/mol. The van der Waals surface area contributed by atoms with Crippen LogP contribution in [0, 0.1) is 0 Å². The van der Waals surface area contributed by atoms with E-state index in [1.165, 1.54) is 0 Å². The van der Waals surface area contributed by atoms with Crippen LogP contribution in [0.15, 0.2) is 16.7 Å². The van der Waals surface area contributed by atoms with Gasteiger partial charge in [-0.15, -0.1) is 0 Å². The maximum absolute atomic E-state index is 11.8. The summed E-state index contributed by atoms with van der Waals surface area (Å²) in [5.41, 5.74) is 0.408. The molecule has 0 saturated heterocycles. The molecule has 1 amide bonds. The van der Waals surface area contributed by atoms with Gasteiger partial charge in [0.1, 0.15) is 5.15 Å². The molecule has 1 rings (SSSR count). The molecule has 0 spiro atoms. The second-order valence-corrected chi connectivity index (χ2v) is 5.71. The molecule has 0 aromatic carbocycles. The van der Waals surface area contributed by atoms with Gasteiger partial charge in [0.2, 0.25) is 0 Å². The van der Waals surface area contributed by atoms with Crippen molar-refractivity contribution in [2.24, 2.45) is 0 Å². The lowest BCUT2D eigenvalue weighted by Crippen LogP contribution is -2.25. The number of aromatic nitrogens is 1. The van der Waals surface area contributed by atoms with Crippen LogP contribution in [-0.4, -0.2) is 29.4 Å². The van der Waals surface area contributed by atoms with E-state index in [2.05, 4.69) is 32.5 Å². The fourth-order valence-corrected chi connectivity index (χ4v) is 2.26. The standard InChI is InChI=1S/C11H14BrClN2OS/c1-17-5-3-2-4-14-11(16)9-6-8(12)7-15-10(9)13/h6-7H,2-5H2,1H3,(H,14,16). The summed E-state index contributed by atoms with van der Waals surface area (Å²) >= 11 is 10.9. The predicted molar refractivity (Wildman–Crippen MR) is 76.9 cm³/mol. The molecular weight excluding hydrogens is 324 g/mol. The lowest BCUT2D eigenvalue weighted by atomic mass is 10.2. The number of nitrogens with one attached hydrogen (secondary N) is 1. The lowest BCUT2D eigenvalue weighted by molar-refractivity contribution is 0.0953. The molecule has 1 N–H and O–H groups in total. The zero-order chi connectivity index (χ0) is 12.7. The van der Waals surface area contributed by atoms with E-state index in [1.54, 1.807) is 12.3 Å². The van der Waals surface area contributed by atoms with Crippen molar-refractivity contribution in [2.45, 2.75) is 12.8 Å². The summed E-state index contributed by atoms with van der Waals surface area (Å²) in [6.45, 7) is 0.669. The van der Waals surface area contributed by atoms with Gasteiger partial charge in [-0.05, 0) is 46.8 Å². The Morgan fingerprint density at radius 2 is 2.35 bits per heavy atom. The molecule has 0 aliphatic rings. The number of carbonyl (C=O) groups excluding carboxylic acids is 1. The van der Waals surface area contributed by atoms with Gasteiger partial charge in [0, 0.05) is 17.2 Å². The second-order valence-electron chi connectivity index (χ2n) is 3.45. The summed E-state index contributed by atoms with van der Waals surface area (Å²) in [5.74, 6) is 0.947. The fraction of sp³-hybridized carbons (Fsp3) is 0.455. The van der Waals surface area contributed by atoms with Crippen molar-refractivity contribution in [2.75, 3.05) is 18.6 Å². The highest BCUT2D eigenvalue weighted by atomic mass is 79.9. The first-order valence-corrected chi connectivity index (χ1v) is 7.80. The van der Waals surface area contributed by atoms with Crippen molar-refractivity contribution < 1.29 is 4.79 Å². The molecular formula is C11H14BrClN2OS. The topological polar surface area (TPSA) is 42.0 Å². The van der Waals surface area contributed by atoms with Gasteiger partial charge >= 0.3 is 0 Å². The van der Waals surface area contributed by atoms with Gasteiger partial charge in [-0.1, -0.05) is 11.6 Å². The number of amides is 1. The Hall–Kier alpha value is -0.260. The smallest absolute Gasteiger partial charge is 0.254 e. The molecule has 94 valence electrons. The van der Waals surface area contributed by atoms with Crippen LogP contribution >= 0.6 is 39.3 Å². The minimum Gasteiger partial charge on any atom is -0.352 e. The minimum atomic E-state index is -0.173. The van der Waals surface area contributed by atoms with Crippen molar-refractivity contribution >= 4 is 45.2 Å². The van der Waals surface area contributed by atoms with Crippen molar-refractivity contribution in [3.63, 3.8) is 0 Å². The number of unbranched alkanes of at least 4 members (excludes halogenated alkanes) is 1. The lowest BCUT2D eigenvalue weighted by Gasteiger charge is -2.06. The number of carbonyl (C=O) groups is 1. The first kappa shape index (κ1) is 14.8. The van der Waals surface area contributed by atoms with Gasteiger partial charge in [-0.25, -0.2) is 4.98 Å². The van der Waals surface area contributed by atoms with E-state index in [0.717, 1.165) is 23.1 Å². The molecule has 17 heavy (non-hydrogen) atoms. The summed E-state index contributed by atoms with van der Waals surface area (Å²) in [4.78, 5) is 15.7. The van der Waals surface area contributed by atoms with Gasteiger partial charge in [0.25, 0.3) is 5.91 Å². The Labute approximate surface area is 119 Å². The Kier molecular flexibility index (Phi) is 6.92. The summed E-state index contributed by atoms with van der Waals surface area (Å²) in [6, 6.07) is 1.67. The molecule has 0 bridgehead atoms. The molecule has 0 aliphatic carbocycles. The molecule has 0 radical (unpaired) electrons. The van der Waals surface area contributed by atoms with E-state index in [-0.39, 0.29) is 11.1 Å².